The minimum absolute atomic E-state index is 0.0368. The van der Waals surface area contributed by atoms with Gasteiger partial charge in [0, 0.05) is 21.8 Å². The molecule has 0 saturated carbocycles. The number of rotatable bonds is 1. The Morgan fingerprint density at radius 3 is 2.87 bits per heavy atom. The topological polar surface area (TPSA) is 20.3 Å². The van der Waals surface area contributed by atoms with E-state index in [0.717, 1.165) is 23.2 Å². The number of carbonyl (C=O) groups excluding carboxylic acids is 1. The predicted octanol–water partition coefficient (Wildman–Crippen LogP) is 5.02. The second-order valence-electron chi connectivity index (χ2n) is 5.95. The van der Waals surface area contributed by atoms with E-state index in [1.165, 1.54) is 23.0 Å². The third-order valence-corrected chi connectivity index (χ3v) is 5.55. The van der Waals surface area contributed by atoms with E-state index in [2.05, 4.69) is 13.0 Å². The average Bonchev–Trinajstić information content (AvgIpc) is 3.00. The number of thiophene rings is 1. The van der Waals surface area contributed by atoms with Gasteiger partial charge in [0.05, 0.1) is 4.88 Å². The van der Waals surface area contributed by atoms with Crippen LogP contribution >= 0.6 is 11.3 Å². The van der Waals surface area contributed by atoms with Gasteiger partial charge in [0.15, 0.2) is 0 Å². The number of nitrogens with zero attached hydrogens (tertiary/aromatic N) is 1. The maximum absolute atomic E-state index is 13.9. The number of para-hydroxylation sites is 1. The Morgan fingerprint density at radius 2 is 2.04 bits per heavy atom. The number of amides is 1. The molecule has 0 fully saturated rings. The first-order valence-electron chi connectivity index (χ1n) is 7.74. The molecule has 4 heteroatoms. The van der Waals surface area contributed by atoms with Gasteiger partial charge in [-0.2, -0.15) is 0 Å². The molecular formula is C19H16FNOS. The van der Waals surface area contributed by atoms with Gasteiger partial charge >= 0.3 is 0 Å². The predicted molar refractivity (Wildman–Crippen MR) is 92.8 cm³/mol. The van der Waals surface area contributed by atoms with E-state index >= 15 is 0 Å². The fourth-order valence-corrected chi connectivity index (χ4v) is 4.26. The van der Waals surface area contributed by atoms with Crippen LogP contribution in [0.4, 0.5) is 10.1 Å². The Kier molecular flexibility index (Phi) is 3.42. The summed E-state index contributed by atoms with van der Waals surface area (Å²) < 4.78 is 14.7. The molecule has 116 valence electrons. The number of fused-ring (bicyclic) bond motifs is 2. The summed E-state index contributed by atoms with van der Waals surface area (Å²) in [5.41, 5.74) is 2.18. The molecule has 23 heavy (non-hydrogen) atoms. The molecule has 2 aromatic carbocycles. The molecule has 0 N–H and O–H groups in total. The van der Waals surface area contributed by atoms with Gasteiger partial charge in [-0.3, -0.25) is 4.79 Å². The fraction of sp³-hybridized carbons (Fsp3) is 0.211. The van der Waals surface area contributed by atoms with Crippen molar-refractivity contribution in [2.75, 3.05) is 4.90 Å². The fourth-order valence-electron chi connectivity index (χ4n) is 3.25. The molecular weight excluding hydrogens is 309 g/mol. The van der Waals surface area contributed by atoms with E-state index in [0.29, 0.717) is 10.3 Å². The number of hydrogen-bond acceptors (Lipinski definition) is 2. The van der Waals surface area contributed by atoms with Crippen LogP contribution in [0, 0.1) is 5.82 Å². The Bertz CT molecular complexity index is 901. The Morgan fingerprint density at radius 1 is 1.22 bits per heavy atom. The van der Waals surface area contributed by atoms with E-state index in [4.69, 9.17) is 0 Å². The second kappa shape index (κ2) is 5.46. The zero-order chi connectivity index (χ0) is 16.0. The first-order chi connectivity index (χ1) is 11.1. The summed E-state index contributed by atoms with van der Waals surface area (Å²) >= 11 is 1.36. The van der Waals surface area contributed by atoms with Crippen LogP contribution in [-0.2, 0) is 6.42 Å². The van der Waals surface area contributed by atoms with Gasteiger partial charge < -0.3 is 4.90 Å². The summed E-state index contributed by atoms with van der Waals surface area (Å²) in [4.78, 5) is 15.5. The quantitative estimate of drug-likeness (QED) is 0.615. The van der Waals surface area contributed by atoms with Crippen LogP contribution in [0.25, 0.3) is 10.1 Å². The van der Waals surface area contributed by atoms with Crippen molar-refractivity contribution >= 4 is 33.0 Å². The number of carbonyl (C=O) groups is 1. The Balaban J connectivity index is 1.80. The van der Waals surface area contributed by atoms with Crippen LogP contribution in [0.1, 0.15) is 28.6 Å². The van der Waals surface area contributed by atoms with Crippen LogP contribution in [0.15, 0.2) is 48.5 Å². The van der Waals surface area contributed by atoms with Gasteiger partial charge in [0.1, 0.15) is 5.82 Å². The lowest BCUT2D eigenvalue weighted by Crippen LogP contribution is -2.41. The maximum Gasteiger partial charge on any atom is 0.268 e. The highest BCUT2D eigenvalue weighted by Crippen LogP contribution is 2.34. The molecule has 1 atom stereocenters. The molecule has 0 spiro atoms. The van der Waals surface area contributed by atoms with Crippen molar-refractivity contribution < 1.29 is 9.18 Å². The molecule has 0 saturated heterocycles. The summed E-state index contributed by atoms with van der Waals surface area (Å²) in [7, 11) is 0. The van der Waals surface area contributed by atoms with Crippen molar-refractivity contribution in [2.24, 2.45) is 0 Å². The van der Waals surface area contributed by atoms with Crippen LogP contribution in [0.2, 0.25) is 0 Å². The summed E-state index contributed by atoms with van der Waals surface area (Å²) in [6.07, 6.45) is 1.93. The van der Waals surface area contributed by atoms with Crippen LogP contribution in [0.3, 0.4) is 0 Å². The monoisotopic (exact) mass is 325 g/mol. The van der Waals surface area contributed by atoms with E-state index in [1.807, 2.05) is 29.2 Å². The minimum atomic E-state index is -0.273. The van der Waals surface area contributed by atoms with Crippen LogP contribution in [-0.4, -0.2) is 11.9 Å². The van der Waals surface area contributed by atoms with Crippen LogP contribution < -0.4 is 4.90 Å². The average molecular weight is 325 g/mol. The molecule has 2 nitrogen and oxygen atoms in total. The van der Waals surface area contributed by atoms with Gasteiger partial charge in [0.25, 0.3) is 5.91 Å². The standard InChI is InChI=1S/C19H16FNOS/c1-12-9-10-13-5-2-3-7-16(13)21(12)19(22)18-11-14-15(20)6-4-8-17(14)23-18/h2-8,11-12H,9-10H2,1H3/t12-/m1/s1. The molecule has 4 rings (SSSR count). The van der Waals surface area contributed by atoms with Gasteiger partial charge in [-0.05, 0) is 49.6 Å². The normalized spacial score (nSPS) is 17.3. The highest BCUT2D eigenvalue weighted by atomic mass is 32.1. The van der Waals surface area contributed by atoms with Gasteiger partial charge in [-0.15, -0.1) is 11.3 Å². The van der Waals surface area contributed by atoms with Crippen molar-refractivity contribution in [2.45, 2.75) is 25.8 Å². The number of aryl methyl sites for hydroxylation is 1. The van der Waals surface area contributed by atoms with Gasteiger partial charge in [0.2, 0.25) is 0 Å². The zero-order valence-corrected chi connectivity index (χ0v) is 13.6. The van der Waals surface area contributed by atoms with E-state index < -0.39 is 0 Å². The van der Waals surface area contributed by atoms with Gasteiger partial charge in [-0.25, -0.2) is 4.39 Å². The van der Waals surface area contributed by atoms with E-state index in [1.54, 1.807) is 12.1 Å². The highest BCUT2D eigenvalue weighted by molar-refractivity contribution is 7.20. The smallest absolute Gasteiger partial charge is 0.268 e. The molecule has 1 aromatic heterocycles. The molecule has 0 radical (unpaired) electrons. The van der Waals surface area contributed by atoms with Crippen molar-refractivity contribution in [1.82, 2.24) is 0 Å². The Labute approximate surface area is 138 Å². The number of hydrogen-bond donors (Lipinski definition) is 0. The number of benzene rings is 2. The molecule has 1 amide bonds. The van der Waals surface area contributed by atoms with Crippen molar-refractivity contribution in [1.29, 1.82) is 0 Å². The molecule has 0 unspecified atom stereocenters. The third kappa shape index (κ3) is 2.34. The van der Waals surface area contributed by atoms with Crippen molar-refractivity contribution in [3.63, 3.8) is 0 Å². The third-order valence-electron chi connectivity index (χ3n) is 4.46. The first-order valence-corrected chi connectivity index (χ1v) is 8.56. The van der Waals surface area contributed by atoms with E-state index in [9.17, 15) is 9.18 Å². The lowest BCUT2D eigenvalue weighted by atomic mass is 9.96. The largest absolute Gasteiger partial charge is 0.305 e. The second-order valence-corrected chi connectivity index (χ2v) is 7.04. The molecule has 1 aliphatic rings. The van der Waals surface area contributed by atoms with Crippen molar-refractivity contribution in [3.8, 4) is 0 Å². The lowest BCUT2D eigenvalue weighted by molar-refractivity contribution is 0.0979. The zero-order valence-electron chi connectivity index (χ0n) is 12.8. The lowest BCUT2D eigenvalue weighted by Gasteiger charge is -2.35. The summed E-state index contributed by atoms with van der Waals surface area (Å²) in [6, 6.07) is 14.8. The highest BCUT2D eigenvalue weighted by Gasteiger charge is 2.29. The van der Waals surface area contributed by atoms with Gasteiger partial charge in [-0.1, -0.05) is 24.3 Å². The summed E-state index contributed by atoms with van der Waals surface area (Å²) in [6.45, 7) is 2.07. The Hall–Kier alpha value is -2.20. The molecule has 0 bridgehead atoms. The molecule has 1 aliphatic heterocycles. The summed E-state index contributed by atoms with van der Waals surface area (Å²) in [5.74, 6) is -0.310. The van der Waals surface area contributed by atoms with Crippen LogP contribution in [0.5, 0.6) is 0 Å². The molecule has 3 aromatic rings. The number of anilines is 1. The number of halogens is 1. The maximum atomic E-state index is 13.9. The SMILES string of the molecule is C[C@@H]1CCc2ccccc2N1C(=O)c1cc2c(F)cccc2s1. The summed E-state index contributed by atoms with van der Waals surface area (Å²) in [5, 5.41) is 0.527. The first kappa shape index (κ1) is 14.4. The van der Waals surface area contributed by atoms with E-state index in [-0.39, 0.29) is 17.8 Å². The molecule has 0 aliphatic carbocycles. The van der Waals surface area contributed by atoms with Crippen molar-refractivity contribution in [3.05, 3.63) is 64.8 Å². The minimum Gasteiger partial charge on any atom is -0.305 e. The molecule has 2 heterocycles.